The summed E-state index contributed by atoms with van der Waals surface area (Å²) >= 11 is 0. The van der Waals surface area contributed by atoms with Crippen LogP contribution in [-0.2, 0) is 35.3 Å². The highest BCUT2D eigenvalue weighted by molar-refractivity contribution is 7.90. The van der Waals surface area contributed by atoms with E-state index in [1.807, 2.05) is 6.92 Å². The van der Waals surface area contributed by atoms with E-state index < -0.39 is 52.8 Å². The minimum atomic E-state index is -4.72. The fourth-order valence-corrected chi connectivity index (χ4v) is 4.59. The lowest BCUT2D eigenvalue weighted by Crippen LogP contribution is -2.37. The van der Waals surface area contributed by atoms with E-state index in [2.05, 4.69) is 10.4 Å². The second-order valence-corrected chi connectivity index (χ2v) is 11.8. The quantitative estimate of drug-likeness (QED) is 0.0863. The van der Waals surface area contributed by atoms with Crippen molar-refractivity contribution in [3.8, 4) is 16.9 Å². The number of aromatic nitrogens is 2. The Morgan fingerprint density at radius 1 is 1.11 bits per heavy atom. The molecular formula is C28H33F3N6O8S. The molecule has 1 atom stereocenters. The van der Waals surface area contributed by atoms with Gasteiger partial charge >= 0.3 is 18.2 Å². The molecule has 1 heterocycles. The van der Waals surface area contributed by atoms with Crippen molar-refractivity contribution in [2.24, 2.45) is 11.2 Å². The molecule has 1 N–H and O–H groups in total. The Morgan fingerprint density at radius 3 is 2.30 bits per heavy atom. The third kappa shape index (κ3) is 9.56. The number of aryl methyl sites for hydroxylation is 1. The number of alkyl halides is 3. The van der Waals surface area contributed by atoms with E-state index in [1.54, 1.807) is 49.8 Å². The number of likely N-dealkylation sites (N-methyl/N-ethyl adjacent to an activating group) is 1. The molecule has 0 aliphatic carbocycles. The first-order valence-corrected chi connectivity index (χ1v) is 15.3. The zero-order valence-electron chi connectivity index (χ0n) is 25.5. The number of hydrazine groups is 1. The summed E-state index contributed by atoms with van der Waals surface area (Å²) in [5, 5.41) is 20.2. The van der Waals surface area contributed by atoms with Crippen molar-refractivity contribution in [3.63, 3.8) is 0 Å². The van der Waals surface area contributed by atoms with Gasteiger partial charge in [0.1, 0.15) is 13.2 Å². The van der Waals surface area contributed by atoms with Crippen LogP contribution in [0.1, 0.15) is 39.0 Å². The maximum absolute atomic E-state index is 13.5. The number of hydrogen-bond acceptors (Lipinski definition) is 10. The van der Waals surface area contributed by atoms with Crippen LogP contribution in [0.2, 0.25) is 0 Å². The van der Waals surface area contributed by atoms with Crippen molar-refractivity contribution in [1.82, 2.24) is 19.5 Å². The molecule has 0 radical (unpaired) electrons. The number of nitrogens with zero attached hydrogens (tertiary/aromatic N) is 5. The van der Waals surface area contributed by atoms with Crippen molar-refractivity contribution in [1.29, 1.82) is 0 Å². The molecule has 1 unspecified atom stereocenters. The molecule has 250 valence electrons. The molecule has 0 spiro atoms. The standard InChI is InChI=1S/C28H33F3N6O8S/c1-6-35(37(40)34-45-20(5)44-26(38)18(2)3)15-16-43-27(39)33-46(41,42)23-13-11-22(12-14-23)36-24(17-25(32-36)28(29,30)31)21-9-7-19(4)8-10-21/h7-14,17-18,20H,6,15-16H2,1-5H3,(H,33,39)/b37-34-. The molecule has 46 heavy (non-hydrogen) atoms. The Kier molecular flexibility index (Phi) is 11.6. The summed E-state index contributed by atoms with van der Waals surface area (Å²) in [6, 6.07) is 12.3. The number of amides is 1. The number of rotatable bonds is 13. The minimum Gasteiger partial charge on any atom is -0.569 e. The van der Waals surface area contributed by atoms with Gasteiger partial charge in [-0.3, -0.25) is 9.63 Å². The summed E-state index contributed by atoms with van der Waals surface area (Å²) in [5.74, 6) is -0.967. The average molecular weight is 671 g/mol. The molecule has 0 bridgehead atoms. The fraction of sp³-hybridized carbons (Fsp3) is 0.393. The van der Waals surface area contributed by atoms with Crippen molar-refractivity contribution in [2.45, 2.75) is 52.0 Å². The van der Waals surface area contributed by atoms with Crippen molar-refractivity contribution in [3.05, 3.63) is 71.1 Å². The molecule has 14 nitrogen and oxygen atoms in total. The number of esters is 1. The highest BCUT2D eigenvalue weighted by Gasteiger charge is 2.35. The number of carbonyl (C=O) groups is 2. The van der Waals surface area contributed by atoms with Crippen LogP contribution in [0.15, 0.2) is 64.8 Å². The van der Waals surface area contributed by atoms with E-state index in [1.165, 1.54) is 19.1 Å². The Balaban J connectivity index is 1.63. The second kappa shape index (κ2) is 14.9. The first kappa shape index (κ1) is 35.6. The number of ether oxygens (including phenoxy) is 2. The summed E-state index contributed by atoms with van der Waals surface area (Å²) < 4.78 is 78.5. The van der Waals surface area contributed by atoms with Crippen LogP contribution < -0.4 is 4.72 Å². The monoisotopic (exact) mass is 670 g/mol. The van der Waals surface area contributed by atoms with Gasteiger partial charge in [-0.15, -0.1) is 5.01 Å². The second-order valence-electron chi connectivity index (χ2n) is 10.1. The lowest BCUT2D eigenvalue weighted by Gasteiger charge is -2.17. The lowest BCUT2D eigenvalue weighted by atomic mass is 10.1. The van der Waals surface area contributed by atoms with Crippen LogP contribution in [0.3, 0.4) is 0 Å². The topological polar surface area (TPSA) is 167 Å². The molecule has 2 aromatic carbocycles. The smallest absolute Gasteiger partial charge is 0.435 e. The molecule has 3 aromatic rings. The first-order chi connectivity index (χ1) is 21.5. The fourth-order valence-electron chi connectivity index (χ4n) is 3.70. The van der Waals surface area contributed by atoms with E-state index in [4.69, 9.17) is 14.3 Å². The lowest BCUT2D eigenvalue weighted by molar-refractivity contribution is -0.712. The number of benzene rings is 2. The Bertz CT molecular complexity index is 1640. The van der Waals surface area contributed by atoms with Crippen molar-refractivity contribution >= 4 is 22.1 Å². The average Bonchev–Trinajstić information content (AvgIpc) is 3.45. The molecule has 3 rings (SSSR count). The van der Waals surface area contributed by atoms with Gasteiger partial charge in [0.05, 0.1) is 33.7 Å². The van der Waals surface area contributed by atoms with E-state index in [0.29, 0.717) is 5.56 Å². The number of nitrogens with one attached hydrogen (secondary N) is 1. The van der Waals surface area contributed by atoms with Crippen LogP contribution >= 0.6 is 0 Å². The van der Waals surface area contributed by atoms with Crippen LogP contribution in [0.4, 0.5) is 18.0 Å². The highest BCUT2D eigenvalue weighted by Crippen LogP contribution is 2.33. The van der Waals surface area contributed by atoms with Gasteiger partial charge in [-0.25, -0.2) is 22.6 Å². The zero-order valence-corrected chi connectivity index (χ0v) is 26.3. The van der Waals surface area contributed by atoms with Crippen LogP contribution in [-0.4, -0.2) is 66.2 Å². The Morgan fingerprint density at radius 2 is 1.74 bits per heavy atom. The predicted molar refractivity (Wildman–Crippen MR) is 155 cm³/mol. The van der Waals surface area contributed by atoms with Crippen LogP contribution in [0.5, 0.6) is 0 Å². The van der Waals surface area contributed by atoms with E-state index in [-0.39, 0.29) is 34.3 Å². The SMILES string of the molecule is CCN(CCOC(=O)NS(=O)(=O)c1ccc(-n2nc(C(F)(F)F)cc2-c2ccc(C)cc2)cc1)/[N+]([O-])=N/OC(C)OC(=O)C(C)C. The number of hydrogen-bond donors (Lipinski definition) is 1. The summed E-state index contributed by atoms with van der Waals surface area (Å²) in [4.78, 5) is 28.3. The molecule has 0 saturated carbocycles. The first-order valence-electron chi connectivity index (χ1n) is 13.9. The Labute approximate surface area is 262 Å². The molecule has 0 aliphatic heterocycles. The molecule has 0 aliphatic rings. The molecule has 1 aromatic heterocycles. The number of sulfonamides is 1. The van der Waals surface area contributed by atoms with Crippen LogP contribution in [0, 0.1) is 18.0 Å². The zero-order chi connectivity index (χ0) is 34.2. The largest absolute Gasteiger partial charge is 0.569 e. The van der Waals surface area contributed by atoms with Gasteiger partial charge in [-0.2, -0.15) is 18.3 Å². The van der Waals surface area contributed by atoms with E-state index in [0.717, 1.165) is 33.5 Å². The number of halogens is 3. The summed E-state index contributed by atoms with van der Waals surface area (Å²) in [6.07, 6.45) is -7.20. The van der Waals surface area contributed by atoms with Gasteiger partial charge in [0.25, 0.3) is 16.3 Å². The van der Waals surface area contributed by atoms with Gasteiger partial charge in [-0.05, 0) is 44.2 Å². The number of carbonyl (C=O) groups excluding carboxylic acids is 2. The third-order valence-electron chi connectivity index (χ3n) is 6.16. The predicted octanol–water partition coefficient (Wildman–Crippen LogP) is 4.96. The van der Waals surface area contributed by atoms with Gasteiger partial charge in [0, 0.05) is 12.5 Å². The van der Waals surface area contributed by atoms with E-state index >= 15 is 0 Å². The van der Waals surface area contributed by atoms with Crippen molar-refractivity contribution in [2.75, 3.05) is 19.7 Å². The van der Waals surface area contributed by atoms with Gasteiger partial charge in [0.2, 0.25) is 5.28 Å². The van der Waals surface area contributed by atoms with Gasteiger partial charge in [-0.1, -0.05) is 43.7 Å². The van der Waals surface area contributed by atoms with Gasteiger partial charge < -0.3 is 14.7 Å². The molecule has 0 fully saturated rings. The molecule has 1 amide bonds. The molecule has 0 saturated heterocycles. The maximum atomic E-state index is 13.5. The summed E-state index contributed by atoms with van der Waals surface area (Å²) in [5.41, 5.74) is 0.495. The Hall–Kier alpha value is -4.87. The minimum absolute atomic E-state index is 0.0563. The highest BCUT2D eigenvalue weighted by atomic mass is 32.2. The van der Waals surface area contributed by atoms with Crippen molar-refractivity contribution < 1.29 is 50.5 Å². The molecular weight excluding hydrogens is 637 g/mol. The summed E-state index contributed by atoms with van der Waals surface area (Å²) in [7, 11) is -4.45. The normalized spacial score (nSPS) is 12.8. The maximum Gasteiger partial charge on any atom is 0.435 e. The van der Waals surface area contributed by atoms with E-state index in [9.17, 15) is 36.4 Å². The third-order valence-corrected chi connectivity index (χ3v) is 7.49. The molecule has 18 heteroatoms. The van der Waals surface area contributed by atoms with Gasteiger partial charge in [0.15, 0.2) is 5.69 Å². The summed E-state index contributed by atoms with van der Waals surface area (Å²) in [6.45, 7) is 7.48. The van der Waals surface area contributed by atoms with Crippen LogP contribution in [0.25, 0.3) is 16.9 Å².